The Labute approximate surface area is 119 Å². The van der Waals surface area contributed by atoms with E-state index >= 15 is 0 Å². The number of aliphatic hydroxyl groups excluding tert-OH is 1. The van der Waals surface area contributed by atoms with E-state index in [-0.39, 0.29) is 6.10 Å². The second kappa shape index (κ2) is 4.61. The van der Waals surface area contributed by atoms with Crippen LogP contribution in [0.5, 0.6) is 0 Å². The Bertz CT molecular complexity index is 633. The summed E-state index contributed by atoms with van der Waals surface area (Å²) in [6.07, 6.45) is 3.14. The summed E-state index contributed by atoms with van der Waals surface area (Å²) in [5, 5.41) is 11.1. The van der Waals surface area contributed by atoms with E-state index in [1.165, 1.54) is 16.5 Å². The lowest BCUT2D eigenvalue weighted by molar-refractivity contribution is -0.00435. The van der Waals surface area contributed by atoms with E-state index in [0.717, 1.165) is 38.5 Å². The zero-order chi connectivity index (χ0) is 13.7. The van der Waals surface area contributed by atoms with Gasteiger partial charge >= 0.3 is 0 Å². The molecule has 3 nitrogen and oxygen atoms in total. The number of nitrogens with zero attached hydrogens (tertiary/aromatic N) is 2. The lowest BCUT2D eigenvalue weighted by atomic mass is 9.74. The summed E-state index contributed by atoms with van der Waals surface area (Å²) in [5.41, 5.74) is 2.72. The molecule has 0 unspecified atom stereocenters. The summed E-state index contributed by atoms with van der Waals surface area (Å²) >= 11 is 0. The number of benzene rings is 1. The average Bonchev–Trinajstić information content (AvgIpc) is 2.99. The number of aryl methyl sites for hydroxylation is 1. The largest absolute Gasteiger partial charge is 0.393 e. The van der Waals surface area contributed by atoms with E-state index in [1.54, 1.807) is 0 Å². The maximum Gasteiger partial charge on any atom is 0.0587 e. The first-order valence-electron chi connectivity index (χ1n) is 7.73. The standard InChI is InChI=1S/C17H22N2O/c1-2-19-6-5-13-7-12(3-4-16(13)19)9-18-10-14-8-17(20)15(14)11-18/h3-7,14-15,17,20H,2,8-11H2,1H3/t14-,15+,17-/m1/s1. The molecule has 0 amide bonds. The quantitative estimate of drug-likeness (QED) is 0.928. The summed E-state index contributed by atoms with van der Waals surface area (Å²) in [6.45, 7) is 6.46. The molecule has 2 fully saturated rings. The van der Waals surface area contributed by atoms with Gasteiger partial charge in [-0.1, -0.05) is 6.07 Å². The molecule has 0 radical (unpaired) electrons. The lowest BCUT2D eigenvalue weighted by Crippen LogP contribution is -2.39. The van der Waals surface area contributed by atoms with Crippen molar-refractivity contribution in [1.82, 2.24) is 9.47 Å². The Morgan fingerprint density at radius 1 is 1.25 bits per heavy atom. The van der Waals surface area contributed by atoms with Gasteiger partial charge in [0, 0.05) is 43.8 Å². The number of hydrogen-bond donors (Lipinski definition) is 1. The fourth-order valence-electron chi connectivity index (χ4n) is 3.97. The molecule has 4 rings (SSSR count). The zero-order valence-corrected chi connectivity index (χ0v) is 12.0. The molecule has 2 aromatic rings. The highest BCUT2D eigenvalue weighted by Gasteiger charge is 2.45. The van der Waals surface area contributed by atoms with E-state index in [4.69, 9.17) is 0 Å². The maximum absolute atomic E-state index is 9.74. The van der Waals surface area contributed by atoms with Crippen LogP contribution < -0.4 is 0 Å². The van der Waals surface area contributed by atoms with E-state index in [2.05, 4.69) is 46.9 Å². The predicted octanol–water partition coefficient (Wildman–Crippen LogP) is 2.47. The number of aliphatic hydroxyl groups is 1. The van der Waals surface area contributed by atoms with Crippen LogP contribution >= 0.6 is 0 Å². The SMILES string of the molecule is CCn1ccc2cc(CN3C[C@H]4C[C@@H](O)[C@H]4C3)ccc21. The average molecular weight is 270 g/mol. The van der Waals surface area contributed by atoms with Gasteiger partial charge in [-0.25, -0.2) is 0 Å². The Hall–Kier alpha value is -1.32. The molecule has 1 saturated heterocycles. The van der Waals surface area contributed by atoms with Gasteiger partial charge in [0.15, 0.2) is 0 Å². The van der Waals surface area contributed by atoms with Crippen molar-refractivity contribution in [3.63, 3.8) is 0 Å². The Kier molecular flexibility index (Phi) is 2.86. The van der Waals surface area contributed by atoms with Crippen molar-refractivity contribution in [3.8, 4) is 0 Å². The third-order valence-electron chi connectivity index (χ3n) is 5.19. The van der Waals surface area contributed by atoms with Gasteiger partial charge in [0.1, 0.15) is 0 Å². The molecule has 0 spiro atoms. The van der Waals surface area contributed by atoms with Crippen LogP contribution in [0.3, 0.4) is 0 Å². The van der Waals surface area contributed by atoms with Crippen LogP contribution in [0.15, 0.2) is 30.5 Å². The van der Waals surface area contributed by atoms with Crippen LogP contribution in [0.1, 0.15) is 18.9 Å². The van der Waals surface area contributed by atoms with E-state index in [0.29, 0.717) is 5.92 Å². The first kappa shape index (κ1) is 12.4. The molecular formula is C17H22N2O. The van der Waals surface area contributed by atoms with Crippen molar-refractivity contribution in [1.29, 1.82) is 0 Å². The molecule has 1 N–H and O–H groups in total. The third kappa shape index (κ3) is 1.88. The highest BCUT2D eigenvalue weighted by Crippen LogP contribution is 2.41. The predicted molar refractivity (Wildman–Crippen MR) is 80.5 cm³/mol. The van der Waals surface area contributed by atoms with Crippen molar-refractivity contribution in [2.75, 3.05) is 13.1 Å². The minimum atomic E-state index is -0.0360. The molecule has 1 aromatic heterocycles. The normalized spacial score (nSPS) is 29.6. The van der Waals surface area contributed by atoms with E-state index < -0.39 is 0 Å². The second-order valence-corrected chi connectivity index (χ2v) is 6.42. The van der Waals surface area contributed by atoms with Crippen molar-refractivity contribution in [2.45, 2.75) is 32.5 Å². The monoisotopic (exact) mass is 270 g/mol. The topological polar surface area (TPSA) is 28.4 Å². The van der Waals surface area contributed by atoms with Crippen molar-refractivity contribution in [2.24, 2.45) is 11.8 Å². The summed E-state index contributed by atoms with van der Waals surface area (Å²) in [6, 6.07) is 9.02. The minimum absolute atomic E-state index is 0.0360. The smallest absolute Gasteiger partial charge is 0.0587 e. The summed E-state index contributed by atoms with van der Waals surface area (Å²) in [5.74, 6) is 1.29. The van der Waals surface area contributed by atoms with Crippen LogP contribution in [0, 0.1) is 11.8 Å². The highest BCUT2D eigenvalue weighted by atomic mass is 16.3. The molecule has 3 heteroatoms. The van der Waals surface area contributed by atoms with Crippen LogP contribution in [0.25, 0.3) is 10.9 Å². The number of likely N-dealkylation sites (tertiary alicyclic amines) is 1. The lowest BCUT2D eigenvalue weighted by Gasteiger charge is -2.35. The molecule has 1 aliphatic heterocycles. The minimum Gasteiger partial charge on any atom is -0.393 e. The Balaban J connectivity index is 1.52. The van der Waals surface area contributed by atoms with Crippen LogP contribution in [0.4, 0.5) is 0 Å². The number of fused-ring (bicyclic) bond motifs is 2. The molecule has 0 bridgehead atoms. The Morgan fingerprint density at radius 2 is 2.15 bits per heavy atom. The molecule has 20 heavy (non-hydrogen) atoms. The number of rotatable bonds is 3. The third-order valence-corrected chi connectivity index (χ3v) is 5.19. The molecule has 1 saturated carbocycles. The van der Waals surface area contributed by atoms with Crippen LogP contribution in [0.2, 0.25) is 0 Å². The fraction of sp³-hybridized carbons (Fsp3) is 0.529. The Morgan fingerprint density at radius 3 is 2.90 bits per heavy atom. The first-order valence-corrected chi connectivity index (χ1v) is 7.73. The summed E-state index contributed by atoms with van der Waals surface area (Å²) in [7, 11) is 0. The van der Waals surface area contributed by atoms with E-state index in [9.17, 15) is 5.11 Å². The highest BCUT2D eigenvalue weighted by molar-refractivity contribution is 5.80. The summed E-state index contributed by atoms with van der Waals surface area (Å²) < 4.78 is 2.28. The molecule has 1 aromatic carbocycles. The van der Waals surface area contributed by atoms with Gasteiger partial charge in [0.25, 0.3) is 0 Å². The molecule has 1 aliphatic carbocycles. The van der Waals surface area contributed by atoms with Gasteiger partial charge in [0.05, 0.1) is 6.10 Å². The molecule has 106 valence electrons. The van der Waals surface area contributed by atoms with Gasteiger partial charge in [-0.05, 0) is 48.4 Å². The van der Waals surface area contributed by atoms with Gasteiger partial charge in [-0.2, -0.15) is 0 Å². The first-order chi connectivity index (χ1) is 9.74. The zero-order valence-electron chi connectivity index (χ0n) is 12.0. The molecule has 2 heterocycles. The van der Waals surface area contributed by atoms with Crippen LogP contribution in [-0.2, 0) is 13.1 Å². The second-order valence-electron chi connectivity index (χ2n) is 6.42. The van der Waals surface area contributed by atoms with E-state index in [1.807, 2.05) is 0 Å². The van der Waals surface area contributed by atoms with Crippen LogP contribution in [-0.4, -0.2) is 33.8 Å². The van der Waals surface area contributed by atoms with Gasteiger partial charge in [-0.15, -0.1) is 0 Å². The van der Waals surface area contributed by atoms with Crippen molar-refractivity contribution in [3.05, 3.63) is 36.0 Å². The van der Waals surface area contributed by atoms with Crippen molar-refractivity contribution >= 4 is 10.9 Å². The summed E-state index contributed by atoms with van der Waals surface area (Å²) in [4.78, 5) is 2.50. The molecular weight excluding hydrogens is 248 g/mol. The molecule has 3 atom stereocenters. The maximum atomic E-state index is 9.74. The number of aromatic nitrogens is 1. The van der Waals surface area contributed by atoms with Crippen molar-refractivity contribution < 1.29 is 5.11 Å². The molecule has 2 aliphatic rings. The van der Waals surface area contributed by atoms with Gasteiger partial charge in [-0.3, -0.25) is 4.90 Å². The number of hydrogen-bond acceptors (Lipinski definition) is 2. The fourth-order valence-corrected chi connectivity index (χ4v) is 3.97. The van der Waals surface area contributed by atoms with Gasteiger partial charge < -0.3 is 9.67 Å². The van der Waals surface area contributed by atoms with Gasteiger partial charge in [0.2, 0.25) is 0 Å².